The Morgan fingerprint density at radius 3 is 2.18 bits per heavy atom. The number of hydrogen-bond donors (Lipinski definition) is 2. The van der Waals surface area contributed by atoms with Gasteiger partial charge in [0, 0.05) is 0 Å². The van der Waals surface area contributed by atoms with Crippen LogP contribution in [0.5, 0.6) is 0 Å². The fraction of sp³-hybridized carbons (Fsp3) is 0.875. The quantitative estimate of drug-likeness (QED) is 0.438. The average Bonchev–Trinajstić information content (AvgIpc) is 1.85. The lowest BCUT2D eigenvalue weighted by Gasteiger charge is -2.29. The third-order valence-corrected chi connectivity index (χ3v) is 2.33. The maximum absolute atomic E-state index is 5.34. The Bertz CT molecular complexity index is 153. The van der Waals surface area contributed by atoms with Crippen LogP contribution in [-0.4, -0.2) is 11.5 Å². The average molecular weight is 155 g/mol. The lowest BCUT2D eigenvalue weighted by atomic mass is 9.84. The van der Waals surface area contributed by atoms with Gasteiger partial charge in [0.1, 0.15) is 0 Å². The normalized spacial score (nSPS) is 22.6. The van der Waals surface area contributed by atoms with E-state index in [-0.39, 0.29) is 11.5 Å². The van der Waals surface area contributed by atoms with E-state index < -0.39 is 0 Å². The molecule has 1 rings (SSSR count). The molecule has 1 fully saturated rings. The third-order valence-electron chi connectivity index (χ3n) is 2.33. The van der Waals surface area contributed by atoms with E-state index in [9.17, 15) is 0 Å². The van der Waals surface area contributed by atoms with Crippen molar-refractivity contribution >= 4 is 5.96 Å². The molecule has 3 nitrogen and oxygen atoms in total. The first kappa shape index (κ1) is 8.37. The topological polar surface area (TPSA) is 64.4 Å². The van der Waals surface area contributed by atoms with Gasteiger partial charge in [0.25, 0.3) is 0 Å². The van der Waals surface area contributed by atoms with E-state index in [0.717, 1.165) is 12.8 Å². The molecule has 0 heterocycles. The molecule has 0 aromatic heterocycles. The zero-order valence-corrected chi connectivity index (χ0v) is 7.14. The molecule has 1 saturated carbocycles. The molecular formula is C8H17N3. The van der Waals surface area contributed by atoms with Gasteiger partial charge >= 0.3 is 0 Å². The second kappa shape index (κ2) is 3.11. The Hall–Kier alpha value is -0.730. The number of aliphatic imine (C=N–C) groups is 1. The monoisotopic (exact) mass is 155 g/mol. The van der Waals surface area contributed by atoms with Crippen LogP contribution in [0.15, 0.2) is 4.99 Å². The molecular weight excluding hydrogens is 138 g/mol. The minimum Gasteiger partial charge on any atom is -0.370 e. The Morgan fingerprint density at radius 1 is 1.18 bits per heavy atom. The summed E-state index contributed by atoms with van der Waals surface area (Å²) in [6.45, 7) is 2.13. The van der Waals surface area contributed by atoms with Gasteiger partial charge in [-0.1, -0.05) is 19.3 Å². The molecule has 0 aliphatic heterocycles. The van der Waals surface area contributed by atoms with Crippen molar-refractivity contribution in [2.75, 3.05) is 0 Å². The summed E-state index contributed by atoms with van der Waals surface area (Å²) in [5.41, 5.74) is 10.7. The van der Waals surface area contributed by atoms with Crippen LogP contribution in [0.25, 0.3) is 0 Å². The zero-order chi connectivity index (χ0) is 8.32. The van der Waals surface area contributed by atoms with Crippen molar-refractivity contribution < 1.29 is 0 Å². The lowest BCUT2D eigenvalue weighted by molar-refractivity contribution is 0.325. The lowest BCUT2D eigenvalue weighted by Crippen LogP contribution is -2.33. The van der Waals surface area contributed by atoms with E-state index in [4.69, 9.17) is 11.5 Å². The van der Waals surface area contributed by atoms with E-state index in [0.29, 0.717) is 0 Å². The van der Waals surface area contributed by atoms with E-state index >= 15 is 0 Å². The van der Waals surface area contributed by atoms with Crippen LogP contribution in [0.4, 0.5) is 0 Å². The minimum absolute atomic E-state index is 0.0388. The van der Waals surface area contributed by atoms with Gasteiger partial charge in [0.05, 0.1) is 5.54 Å². The van der Waals surface area contributed by atoms with Crippen LogP contribution in [0.1, 0.15) is 39.0 Å². The molecule has 0 saturated heterocycles. The van der Waals surface area contributed by atoms with Crippen LogP contribution >= 0.6 is 0 Å². The smallest absolute Gasteiger partial charge is 0.186 e. The van der Waals surface area contributed by atoms with Crippen molar-refractivity contribution in [1.82, 2.24) is 0 Å². The fourth-order valence-corrected chi connectivity index (χ4v) is 1.74. The van der Waals surface area contributed by atoms with Gasteiger partial charge in [-0.2, -0.15) is 0 Å². The molecule has 0 aromatic rings. The largest absolute Gasteiger partial charge is 0.370 e. The van der Waals surface area contributed by atoms with Crippen LogP contribution in [0.2, 0.25) is 0 Å². The van der Waals surface area contributed by atoms with Crippen LogP contribution in [0.3, 0.4) is 0 Å². The van der Waals surface area contributed by atoms with Gasteiger partial charge in [0.2, 0.25) is 0 Å². The Morgan fingerprint density at radius 2 is 1.73 bits per heavy atom. The van der Waals surface area contributed by atoms with Gasteiger partial charge in [-0.25, -0.2) is 4.99 Å². The van der Waals surface area contributed by atoms with E-state index in [2.05, 4.69) is 11.9 Å². The Balaban J connectivity index is 2.57. The molecule has 64 valence electrons. The van der Waals surface area contributed by atoms with Crippen molar-refractivity contribution in [1.29, 1.82) is 0 Å². The molecule has 1 aliphatic carbocycles. The van der Waals surface area contributed by atoms with Gasteiger partial charge in [-0.3, -0.25) is 0 Å². The molecule has 4 N–H and O–H groups in total. The number of rotatable bonds is 1. The highest BCUT2D eigenvalue weighted by Crippen LogP contribution is 2.30. The summed E-state index contributed by atoms with van der Waals surface area (Å²) < 4.78 is 0. The Labute approximate surface area is 67.9 Å². The molecule has 0 amide bonds. The van der Waals surface area contributed by atoms with E-state index in [1.54, 1.807) is 0 Å². The number of hydrogen-bond acceptors (Lipinski definition) is 1. The maximum atomic E-state index is 5.34. The highest BCUT2D eigenvalue weighted by atomic mass is 15.0. The molecule has 0 radical (unpaired) electrons. The Kier molecular flexibility index (Phi) is 2.37. The summed E-state index contributed by atoms with van der Waals surface area (Å²) in [5.74, 6) is 0.231. The van der Waals surface area contributed by atoms with Crippen LogP contribution in [0, 0.1) is 0 Å². The summed E-state index contributed by atoms with van der Waals surface area (Å²) in [4.78, 5) is 4.24. The summed E-state index contributed by atoms with van der Waals surface area (Å²) >= 11 is 0. The standard InChI is InChI=1S/C8H17N3/c1-8(11-7(9)10)5-3-2-4-6-8/h2-6H2,1H3,(H4,9,10,11). The van der Waals surface area contributed by atoms with Crippen molar-refractivity contribution in [3.05, 3.63) is 0 Å². The minimum atomic E-state index is 0.0388. The second-order valence-electron chi connectivity index (χ2n) is 3.59. The molecule has 1 aliphatic rings. The van der Waals surface area contributed by atoms with Gasteiger partial charge < -0.3 is 11.5 Å². The molecule has 0 bridgehead atoms. The summed E-state index contributed by atoms with van der Waals surface area (Å²) in [7, 11) is 0. The first-order chi connectivity index (χ1) is 5.12. The third kappa shape index (κ3) is 2.41. The van der Waals surface area contributed by atoms with Crippen molar-refractivity contribution in [2.45, 2.75) is 44.6 Å². The summed E-state index contributed by atoms with van der Waals surface area (Å²) in [6.07, 6.45) is 6.10. The summed E-state index contributed by atoms with van der Waals surface area (Å²) in [5, 5.41) is 0. The first-order valence-electron chi connectivity index (χ1n) is 4.23. The maximum Gasteiger partial charge on any atom is 0.186 e. The molecule has 3 heteroatoms. The van der Waals surface area contributed by atoms with Crippen LogP contribution in [-0.2, 0) is 0 Å². The predicted octanol–water partition coefficient (Wildman–Crippen LogP) is 0.983. The molecule has 11 heavy (non-hydrogen) atoms. The van der Waals surface area contributed by atoms with Crippen LogP contribution < -0.4 is 11.5 Å². The highest BCUT2D eigenvalue weighted by molar-refractivity contribution is 5.76. The molecule has 0 unspecified atom stereocenters. The van der Waals surface area contributed by atoms with Crippen molar-refractivity contribution in [3.8, 4) is 0 Å². The summed E-state index contributed by atoms with van der Waals surface area (Å²) in [6, 6.07) is 0. The predicted molar refractivity (Wildman–Crippen MR) is 47.3 cm³/mol. The zero-order valence-electron chi connectivity index (χ0n) is 7.14. The highest BCUT2D eigenvalue weighted by Gasteiger charge is 2.25. The van der Waals surface area contributed by atoms with Crippen molar-refractivity contribution in [3.63, 3.8) is 0 Å². The van der Waals surface area contributed by atoms with E-state index in [1.807, 2.05) is 0 Å². The number of guanidine groups is 1. The van der Waals surface area contributed by atoms with Gasteiger partial charge in [-0.05, 0) is 19.8 Å². The number of nitrogens with zero attached hydrogens (tertiary/aromatic N) is 1. The number of nitrogens with two attached hydrogens (primary N) is 2. The van der Waals surface area contributed by atoms with E-state index in [1.165, 1.54) is 19.3 Å². The van der Waals surface area contributed by atoms with Gasteiger partial charge in [-0.15, -0.1) is 0 Å². The van der Waals surface area contributed by atoms with Gasteiger partial charge in [0.15, 0.2) is 5.96 Å². The first-order valence-corrected chi connectivity index (χ1v) is 4.23. The fourth-order valence-electron chi connectivity index (χ4n) is 1.74. The van der Waals surface area contributed by atoms with Crippen molar-refractivity contribution in [2.24, 2.45) is 16.5 Å². The molecule has 0 atom stereocenters. The molecule has 0 aromatic carbocycles. The SMILES string of the molecule is CC1(N=C(N)N)CCCCC1. The molecule has 0 spiro atoms. The second-order valence-corrected chi connectivity index (χ2v) is 3.59.